The Kier molecular flexibility index (Phi) is 4.06. The fourth-order valence-electron chi connectivity index (χ4n) is 1.12. The van der Waals surface area contributed by atoms with Gasteiger partial charge in [0, 0.05) is 17.4 Å². The molecular formula is C11H8BrClN4. The Morgan fingerprint density at radius 3 is 2.76 bits per heavy atom. The summed E-state index contributed by atoms with van der Waals surface area (Å²) >= 11 is 9.10. The maximum absolute atomic E-state index is 5.85. The summed E-state index contributed by atoms with van der Waals surface area (Å²) in [5.74, 6) is 0.437. The molecule has 4 nitrogen and oxygen atoms in total. The molecule has 0 atom stereocenters. The standard InChI is InChI=1S/C11H8BrClN4/c12-9-6-14-11(15-7-9)17-16-5-8-2-1-3-10(13)4-8/h1-7H,(H,14,15,17)/b16-5+. The van der Waals surface area contributed by atoms with E-state index in [1.165, 1.54) is 0 Å². The zero-order chi connectivity index (χ0) is 12.1. The molecule has 1 aromatic carbocycles. The van der Waals surface area contributed by atoms with Gasteiger partial charge < -0.3 is 0 Å². The third-order valence-electron chi connectivity index (χ3n) is 1.85. The number of hydrazone groups is 1. The SMILES string of the molecule is Clc1cccc(/C=N/Nc2ncc(Br)cn2)c1. The molecule has 0 saturated carbocycles. The average molecular weight is 312 g/mol. The number of rotatable bonds is 3. The number of hydrogen-bond acceptors (Lipinski definition) is 4. The van der Waals surface area contributed by atoms with E-state index in [-0.39, 0.29) is 0 Å². The lowest BCUT2D eigenvalue weighted by Gasteiger charge is -1.97. The Hall–Kier alpha value is -1.46. The van der Waals surface area contributed by atoms with Crippen LogP contribution in [0.3, 0.4) is 0 Å². The van der Waals surface area contributed by atoms with Crippen molar-refractivity contribution >= 4 is 39.7 Å². The predicted molar refractivity (Wildman–Crippen MR) is 72.4 cm³/mol. The molecule has 6 heteroatoms. The highest BCUT2D eigenvalue weighted by Gasteiger charge is 1.93. The van der Waals surface area contributed by atoms with Crippen LogP contribution in [0.1, 0.15) is 5.56 Å². The normalized spacial score (nSPS) is 10.7. The average Bonchev–Trinajstić information content (AvgIpc) is 2.32. The first-order valence-electron chi connectivity index (χ1n) is 4.76. The summed E-state index contributed by atoms with van der Waals surface area (Å²) in [7, 11) is 0. The zero-order valence-corrected chi connectivity index (χ0v) is 11.0. The molecule has 17 heavy (non-hydrogen) atoms. The highest BCUT2D eigenvalue weighted by atomic mass is 79.9. The number of halogens is 2. The van der Waals surface area contributed by atoms with Crippen molar-refractivity contribution in [1.29, 1.82) is 0 Å². The van der Waals surface area contributed by atoms with Crippen molar-refractivity contribution in [2.24, 2.45) is 5.10 Å². The first kappa shape index (κ1) is 12.0. The molecule has 0 unspecified atom stereocenters. The second kappa shape index (κ2) is 5.75. The van der Waals surface area contributed by atoms with Crippen LogP contribution < -0.4 is 5.43 Å². The molecule has 0 radical (unpaired) electrons. The molecule has 1 N–H and O–H groups in total. The highest BCUT2D eigenvalue weighted by molar-refractivity contribution is 9.10. The minimum atomic E-state index is 0.437. The second-order valence-electron chi connectivity index (χ2n) is 3.15. The van der Waals surface area contributed by atoms with E-state index in [1.54, 1.807) is 18.6 Å². The molecule has 2 rings (SSSR count). The third-order valence-corrected chi connectivity index (χ3v) is 2.49. The van der Waals surface area contributed by atoms with E-state index >= 15 is 0 Å². The molecule has 0 aliphatic rings. The monoisotopic (exact) mass is 310 g/mol. The van der Waals surface area contributed by atoms with Gasteiger partial charge in [-0.25, -0.2) is 15.4 Å². The fraction of sp³-hybridized carbons (Fsp3) is 0. The van der Waals surface area contributed by atoms with Gasteiger partial charge in [0.2, 0.25) is 5.95 Å². The van der Waals surface area contributed by atoms with Crippen molar-refractivity contribution in [2.45, 2.75) is 0 Å². The largest absolute Gasteiger partial charge is 0.245 e. The molecule has 1 heterocycles. The molecule has 1 aromatic heterocycles. The van der Waals surface area contributed by atoms with Crippen LogP contribution in [0.4, 0.5) is 5.95 Å². The van der Waals surface area contributed by atoms with Crippen LogP contribution >= 0.6 is 27.5 Å². The molecule has 0 bridgehead atoms. The van der Waals surface area contributed by atoms with Crippen LogP contribution in [0.15, 0.2) is 46.2 Å². The summed E-state index contributed by atoms with van der Waals surface area (Å²) in [5, 5.41) is 4.68. The molecule has 0 aliphatic heterocycles. The number of nitrogens with one attached hydrogen (secondary N) is 1. The number of benzene rings is 1. The molecule has 0 aliphatic carbocycles. The van der Waals surface area contributed by atoms with Crippen LogP contribution in [0.5, 0.6) is 0 Å². The Balaban J connectivity index is 2.00. The lowest BCUT2D eigenvalue weighted by atomic mass is 10.2. The van der Waals surface area contributed by atoms with Crippen LogP contribution in [-0.2, 0) is 0 Å². The van der Waals surface area contributed by atoms with Crippen molar-refractivity contribution in [2.75, 3.05) is 5.43 Å². The smallest absolute Gasteiger partial charge is 0.243 e. The number of hydrogen-bond donors (Lipinski definition) is 1. The van der Waals surface area contributed by atoms with E-state index in [1.807, 2.05) is 24.3 Å². The predicted octanol–water partition coefficient (Wildman–Crippen LogP) is 3.34. The van der Waals surface area contributed by atoms with Gasteiger partial charge in [-0.3, -0.25) is 0 Å². The number of anilines is 1. The molecule has 86 valence electrons. The lowest BCUT2D eigenvalue weighted by molar-refractivity contribution is 1.11. The van der Waals surface area contributed by atoms with Gasteiger partial charge >= 0.3 is 0 Å². The van der Waals surface area contributed by atoms with Crippen molar-refractivity contribution in [3.63, 3.8) is 0 Å². The van der Waals surface area contributed by atoms with Gasteiger partial charge in [0.25, 0.3) is 0 Å². The summed E-state index contributed by atoms with van der Waals surface area (Å²) in [6.07, 6.45) is 4.94. The van der Waals surface area contributed by atoms with Gasteiger partial charge in [0.15, 0.2) is 0 Å². The fourth-order valence-corrected chi connectivity index (χ4v) is 1.52. The second-order valence-corrected chi connectivity index (χ2v) is 4.50. The summed E-state index contributed by atoms with van der Waals surface area (Å²) < 4.78 is 0.821. The van der Waals surface area contributed by atoms with E-state index in [0.29, 0.717) is 11.0 Å². The minimum Gasteiger partial charge on any atom is -0.245 e. The van der Waals surface area contributed by atoms with E-state index in [2.05, 4.69) is 36.4 Å². The van der Waals surface area contributed by atoms with Gasteiger partial charge in [-0.2, -0.15) is 5.10 Å². The van der Waals surface area contributed by atoms with Crippen LogP contribution in [-0.4, -0.2) is 16.2 Å². The Bertz CT molecular complexity index is 527. The molecule has 2 aromatic rings. The molecular weight excluding hydrogens is 304 g/mol. The summed E-state index contributed by atoms with van der Waals surface area (Å²) in [6.45, 7) is 0. The summed E-state index contributed by atoms with van der Waals surface area (Å²) in [4.78, 5) is 8.04. The van der Waals surface area contributed by atoms with Gasteiger partial charge in [0.1, 0.15) is 0 Å². The lowest BCUT2D eigenvalue weighted by Crippen LogP contribution is -1.95. The molecule has 0 spiro atoms. The quantitative estimate of drug-likeness (QED) is 0.698. The van der Waals surface area contributed by atoms with Crippen LogP contribution in [0.25, 0.3) is 0 Å². The Morgan fingerprint density at radius 2 is 2.06 bits per heavy atom. The third kappa shape index (κ3) is 3.80. The first-order valence-corrected chi connectivity index (χ1v) is 5.93. The van der Waals surface area contributed by atoms with Crippen molar-refractivity contribution in [3.8, 4) is 0 Å². The van der Waals surface area contributed by atoms with Gasteiger partial charge in [-0.15, -0.1) is 0 Å². The van der Waals surface area contributed by atoms with Crippen molar-refractivity contribution in [3.05, 3.63) is 51.7 Å². The first-order chi connectivity index (χ1) is 8.24. The highest BCUT2D eigenvalue weighted by Crippen LogP contribution is 2.09. The van der Waals surface area contributed by atoms with Crippen molar-refractivity contribution in [1.82, 2.24) is 9.97 Å². The molecule has 0 amide bonds. The maximum atomic E-state index is 5.85. The van der Waals surface area contributed by atoms with Crippen molar-refractivity contribution < 1.29 is 0 Å². The number of aromatic nitrogens is 2. The van der Waals surface area contributed by atoms with E-state index in [0.717, 1.165) is 10.0 Å². The zero-order valence-electron chi connectivity index (χ0n) is 8.64. The number of nitrogens with zero attached hydrogens (tertiary/aromatic N) is 3. The van der Waals surface area contributed by atoms with Gasteiger partial charge in [0.05, 0.1) is 10.7 Å². The van der Waals surface area contributed by atoms with E-state index in [4.69, 9.17) is 11.6 Å². The summed E-state index contributed by atoms with van der Waals surface area (Å²) in [6, 6.07) is 7.39. The van der Waals surface area contributed by atoms with Gasteiger partial charge in [-0.05, 0) is 33.6 Å². The minimum absolute atomic E-state index is 0.437. The molecule has 0 saturated heterocycles. The van der Waals surface area contributed by atoms with E-state index < -0.39 is 0 Å². The van der Waals surface area contributed by atoms with Crippen LogP contribution in [0.2, 0.25) is 5.02 Å². The molecule has 0 fully saturated rings. The Morgan fingerprint density at radius 1 is 1.29 bits per heavy atom. The topological polar surface area (TPSA) is 50.2 Å². The maximum Gasteiger partial charge on any atom is 0.243 e. The Labute approximate surface area is 112 Å². The van der Waals surface area contributed by atoms with Gasteiger partial charge in [-0.1, -0.05) is 23.7 Å². The van der Waals surface area contributed by atoms with E-state index in [9.17, 15) is 0 Å². The summed E-state index contributed by atoms with van der Waals surface area (Å²) in [5.41, 5.74) is 3.63. The van der Waals surface area contributed by atoms with Crippen LogP contribution in [0, 0.1) is 0 Å².